The van der Waals surface area contributed by atoms with Crippen molar-refractivity contribution < 1.29 is 4.79 Å². The van der Waals surface area contributed by atoms with Gasteiger partial charge in [0, 0.05) is 30.9 Å². The summed E-state index contributed by atoms with van der Waals surface area (Å²) in [6, 6.07) is 7.23. The van der Waals surface area contributed by atoms with E-state index >= 15 is 0 Å². The minimum absolute atomic E-state index is 0.0198. The largest absolute Gasteiger partial charge is 0.399 e. The van der Waals surface area contributed by atoms with Crippen LogP contribution < -0.4 is 11.1 Å². The fraction of sp³-hybridized carbons (Fsp3) is 0.533. The predicted molar refractivity (Wildman–Crippen MR) is 81.1 cm³/mol. The summed E-state index contributed by atoms with van der Waals surface area (Å²) in [6.45, 7) is 8.30. The number of benzene rings is 1. The first-order valence-electron chi connectivity index (χ1n) is 6.60. The van der Waals surface area contributed by atoms with Crippen LogP contribution in [-0.2, 0) is 4.79 Å². The minimum Gasteiger partial charge on any atom is -0.399 e. The second-order valence-corrected chi connectivity index (χ2v) is 6.22. The summed E-state index contributed by atoms with van der Waals surface area (Å²) >= 11 is 0. The summed E-state index contributed by atoms with van der Waals surface area (Å²) < 4.78 is 0. The third-order valence-electron chi connectivity index (χ3n) is 2.64. The van der Waals surface area contributed by atoms with Gasteiger partial charge in [0.2, 0.25) is 5.91 Å². The molecule has 0 saturated heterocycles. The smallest absolute Gasteiger partial charge is 0.225 e. The topological polar surface area (TPSA) is 58.4 Å². The molecule has 106 valence electrons. The molecule has 19 heavy (non-hydrogen) atoms. The third-order valence-corrected chi connectivity index (χ3v) is 2.64. The highest BCUT2D eigenvalue weighted by Crippen LogP contribution is 2.15. The van der Waals surface area contributed by atoms with E-state index in [0.29, 0.717) is 12.1 Å². The lowest BCUT2D eigenvalue weighted by Gasteiger charge is -2.26. The Bertz CT molecular complexity index is 424. The zero-order valence-electron chi connectivity index (χ0n) is 12.4. The van der Waals surface area contributed by atoms with Crippen LogP contribution in [0.2, 0.25) is 0 Å². The molecule has 4 nitrogen and oxygen atoms in total. The molecule has 0 fully saturated rings. The molecular weight excluding hydrogens is 238 g/mol. The van der Waals surface area contributed by atoms with Gasteiger partial charge in [-0.15, -0.1) is 0 Å². The fourth-order valence-electron chi connectivity index (χ4n) is 2.02. The van der Waals surface area contributed by atoms with Crippen LogP contribution in [0.25, 0.3) is 0 Å². The van der Waals surface area contributed by atoms with Crippen molar-refractivity contribution in [1.29, 1.82) is 0 Å². The van der Waals surface area contributed by atoms with Gasteiger partial charge >= 0.3 is 0 Å². The molecule has 1 aromatic carbocycles. The van der Waals surface area contributed by atoms with Crippen molar-refractivity contribution in [3.8, 4) is 0 Å². The number of hydrogen-bond donors (Lipinski definition) is 2. The van der Waals surface area contributed by atoms with Crippen molar-refractivity contribution in [1.82, 2.24) is 4.90 Å². The standard InChI is InChI=1S/C15H25N3O/c1-15(2,3)11-18(4)9-8-14(19)17-13-7-5-6-12(16)10-13/h5-7,10H,8-9,11,16H2,1-4H3,(H,17,19). The first kappa shape index (κ1) is 15.5. The molecule has 0 radical (unpaired) electrons. The summed E-state index contributed by atoms with van der Waals surface area (Å²) in [4.78, 5) is 14.0. The molecule has 0 unspecified atom stereocenters. The molecule has 1 rings (SSSR count). The van der Waals surface area contributed by atoms with Crippen molar-refractivity contribution in [2.45, 2.75) is 27.2 Å². The van der Waals surface area contributed by atoms with Gasteiger partial charge in [-0.05, 0) is 30.7 Å². The number of nitrogens with two attached hydrogens (primary N) is 1. The van der Waals surface area contributed by atoms with Crippen LogP contribution in [-0.4, -0.2) is 30.9 Å². The molecule has 0 bridgehead atoms. The maximum atomic E-state index is 11.8. The van der Waals surface area contributed by atoms with Crippen molar-refractivity contribution in [2.75, 3.05) is 31.2 Å². The van der Waals surface area contributed by atoms with Gasteiger partial charge in [-0.3, -0.25) is 4.79 Å². The quantitative estimate of drug-likeness (QED) is 0.803. The van der Waals surface area contributed by atoms with Crippen molar-refractivity contribution >= 4 is 17.3 Å². The molecule has 4 heteroatoms. The van der Waals surface area contributed by atoms with E-state index < -0.39 is 0 Å². The van der Waals surface area contributed by atoms with E-state index in [0.717, 1.165) is 18.8 Å². The van der Waals surface area contributed by atoms with E-state index in [1.165, 1.54) is 0 Å². The van der Waals surface area contributed by atoms with Gasteiger partial charge < -0.3 is 16.0 Å². The SMILES string of the molecule is CN(CCC(=O)Nc1cccc(N)c1)CC(C)(C)C. The molecule has 0 aliphatic heterocycles. The zero-order chi connectivity index (χ0) is 14.5. The number of hydrogen-bond acceptors (Lipinski definition) is 3. The lowest BCUT2D eigenvalue weighted by Crippen LogP contribution is -2.31. The Morgan fingerprint density at radius 1 is 1.37 bits per heavy atom. The molecular formula is C15H25N3O. The molecule has 0 aliphatic carbocycles. The Balaban J connectivity index is 2.36. The molecule has 0 atom stereocenters. The van der Waals surface area contributed by atoms with Crippen LogP contribution in [0.1, 0.15) is 27.2 Å². The van der Waals surface area contributed by atoms with Crippen LogP contribution in [0.5, 0.6) is 0 Å². The van der Waals surface area contributed by atoms with Gasteiger partial charge in [-0.2, -0.15) is 0 Å². The Kier molecular flexibility index (Phi) is 5.36. The van der Waals surface area contributed by atoms with E-state index in [4.69, 9.17) is 5.73 Å². The molecule has 0 spiro atoms. The maximum absolute atomic E-state index is 11.8. The highest BCUT2D eigenvalue weighted by atomic mass is 16.1. The van der Waals surface area contributed by atoms with E-state index in [-0.39, 0.29) is 11.3 Å². The lowest BCUT2D eigenvalue weighted by atomic mass is 9.96. The van der Waals surface area contributed by atoms with E-state index in [1.807, 2.05) is 19.2 Å². The van der Waals surface area contributed by atoms with Crippen molar-refractivity contribution in [3.63, 3.8) is 0 Å². The number of carbonyl (C=O) groups excluding carboxylic acids is 1. The van der Waals surface area contributed by atoms with E-state index in [1.54, 1.807) is 12.1 Å². The molecule has 0 aromatic heterocycles. The molecule has 0 aliphatic rings. The monoisotopic (exact) mass is 263 g/mol. The third kappa shape index (κ3) is 6.82. The second-order valence-electron chi connectivity index (χ2n) is 6.22. The highest BCUT2D eigenvalue weighted by Gasteiger charge is 2.14. The van der Waals surface area contributed by atoms with Gasteiger partial charge in [0.05, 0.1) is 0 Å². The van der Waals surface area contributed by atoms with Crippen LogP contribution in [0, 0.1) is 5.41 Å². The number of nitrogen functional groups attached to an aromatic ring is 1. The summed E-state index contributed by atoms with van der Waals surface area (Å²) in [7, 11) is 2.04. The van der Waals surface area contributed by atoms with Crippen molar-refractivity contribution in [2.24, 2.45) is 5.41 Å². The normalized spacial score (nSPS) is 11.6. The van der Waals surface area contributed by atoms with E-state index in [2.05, 4.69) is 31.0 Å². The number of nitrogens with zero attached hydrogens (tertiary/aromatic N) is 1. The minimum atomic E-state index is 0.0198. The Hall–Kier alpha value is -1.55. The molecule has 1 amide bonds. The second kappa shape index (κ2) is 6.57. The van der Waals surface area contributed by atoms with Gasteiger partial charge in [-0.1, -0.05) is 26.8 Å². The Morgan fingerprint density at radius 2 is 2.05 bits per heavy atom. The van der Waals surface area contributed by atoms with Crippen LogP contribution >= 0.6 is 0 Å². The van der Waals surface area contributed by atoms with Gasteiger partial charge in [-0.25, -0.2) is 0 Å². The first-order valence-corrected chi connectivity index (χ1v) is 6.60. The first-order chi connectivity index (χ1) is 8.76. The van der Waals surface area contributed by atoms with Gasteiger partial charge in [0.25, 0.3) is 0 Å². The number of amides is 1. The molecule has 1 aromatic rings. The molecule has 0 heterocycles. The van der Waals surface area contributed by atoms with Gasteiger partial charge in [0.1, 0.15) is 0 Å². The summed E-state index contributed by atoms with van der Waals surface area (Å²) in [5.41, 5.74) is 7.32. The number of anilines is 2. The number of nitrogens with one attached hydrogen (secondary N) is 1. The zero-order valence-corrected chi connectivity index (χ0v) is 12.4. The van der Waals surface area contributed by atoms with Crippen LogP contribution in [0.4, 0.5) is 11.4 Å². The van der Waals surface area contributed by atoms with Crippen LogP contribution in [0.3, 0.4) is 0 Å². The molecule has 3 N–H and O–H groups in total. The summed E-state index contributed by atoms with van der Waals surface area (Å²) in [6.07, 6.45) is 0.487. The summed E-state index contributed by atoms with van der Waals surface area (Å²) in [5, 5.41) is 2.86. The maximum Gasteiger partial charge on any atom is 0.225 e. The predicted octanol–water partition coefficient (Wildman–Crippen LogP) is 2.58. The fourth-order valence-corrected chi connectivity index (χ4v) is 2.02. The lowest BCUT2D eigenvalue weighted by molar-refractivity contribution is -0.116. The average molecular weight is 263 g/mol. The highest BCUT2D eigenvalue weighted by molar-refractivity contribution is 5.91. The van der Waals surface area contributed by atoms with Crippen molar-refractivity contribution in [3.05, 3.63) is 24.3 Å². The molecule has 0 saturated carbocycles. The average Bonchev–Trinajstić information content (AvgIpc) is 2.24. The van der Waals surface area contributed by atoms with Gasteiger partial charge in [0.15, 0.2) is 0 Å². The Morgan fingerprint density at radius 3 is 2.63 bits per heavy atom. The Labute approximate surface area is 116 Å². The summed E-state index contributed by atoms with van der Waals surface area (Å²) in [5.74, 6) is 0.0198. The van der Waals surface area contributed by atoms with Crippen LogP contribution in [0.15, 0.2) is 24.3 Å². The van der Waals surface area contributed by atoms with E-state index in [9.17, 15) is 4.79 Å². The number of carbonyl (C=O) groups is 1. The number of rotatable bonds is 5.